The van der Waals surface area contributed by atoms with E-state index in [9.17, 15) is 8.42 Å². The van der Waals surface area contributed by atoms with Crippen LogP contribution < -0.4 is 0 Å². The van der Waals surface area contributed by atoms with E-state index in [0.717, 1.165) is 5.56 Å². The van der Waals surface area contributed by atoms with Crippen molar-refractivity contribution in [3.05, 3.63) is 47.6 Å². The van der Waals surface area contributed by atoms with Gasteiger partial charge in [-0.25, -0.2) is 12.7 Å². The number of hydrogen-bond donors (Lipinski definition) is 0. The fourth-order valence-corrected chi connectivity index (χ4v) is 3.23. The summed E-state index contributed by atoms with van der Waals surface area (Å²) < 4.78 is 34.8. The topological polar surface area (TPSA) is 85.5 Å². The zero-order valence-corrected chi connectivity index (χ0v) is 13.7. The Balaban J connectivity index is 1.42. The Bertz CT molecular complexity index is 739. The van der Waals surface area contributed by atoms with Crippen molar-refractivity contribution in [1.82, 2.24) is 14.4 Å². The predicted octanol–water partition coefficient (Wildman–Crippen LogP) is 1.19. The first-order valence-electron chi connectivity index (χ1n) is 7.41. The zero-order chi connectivity index (χ0) is 16.3. The highest BCUT2D eigenvalue weighted by atomic mass is 32.2. The standard InChI is InChI=1S/C15H19N3O4S/c1-23(19,20)18-9-13(10-18)15-16-14(17-22-15)7-8-21-11-12-5-3-2-4-6-12/h2-6,13H,7-11H2,1H3. The average Bonchev–Trinajstić information content (AvgIpc) is 2.90. The minimum absolute atomic E-state index is 0.00351. The van der Waals surface area contributed by atoms with E-state index in [1.807, 2.05) is 30.3 Å². The summed E-state index contributed by atoms with van der Waals surface area (Å²) in [6, 6.07) is 9.94. The van der Waals surface area contributed by atoms with E-state index in [0.29, 0.717) is 44.4 Å². The van der Waals surface area contributed by atoms with Gasteiger partial charge < -0.3 is 9.26 Å². The molecular formula is C15H19N3O4S. The van der Waals surface area contributed by atoms with Gasteiger partial charge in [0.05, 0.1) is 25.4 Å². The summed E-state index contributed by atoms with van der Waals surface area (Å²) in [7, 11) is -3.12. The molecular weight excluding hydrogens is 318 g/mol. The maximum atomic E-state index is 11.3. The fourth-order valence-electron chi connectivity index (χ4n) is 2.33. The van der Waals surface area contributed by atoms with Crippen molar-refractivity contribution in [1.29, 1.82) is 0 Å². The Morgan fingerprint density at radius 1 is 1.30 bits per heavy atom. The number of nitrogens with zero attached hydrogens (tertiary/aromatic N) is 3. The molecule has 0 bridgehead atoms. The SMILES string of the molecule is CS(=O)(=O)N1CC(c2nc(CCOCc3ccccc3)no2)C1. The summed E-state index contributed by atoms with van der Waals surface area (Å²) in [5.41, 5.74) is 1.12. The van der Waals surface area contributed by atoms with Gasteiger partial charge in [0.1, 0.15) is 0 Å². The quantitative estimate of drug-likeness (QED) is 0.706. The van der Waals surface area contributed by atoms with Crippen LogP contribution >= 0.6 is 0 Å². The van der Waals surface area contributed by atoms with Crippen molar-refractivity contribution in [2.75, 3.05) is 26.0 Å². The number of aromatic nitrogens is 2. The predicted molar refractivity (Wildman–Crippen MR) is 83.3 cm³/mol. The van der Waals surface area contributed by atoms with Crippen LogP contribution in [0.15, 0.2) is 34.9 Å². The average molecular weight is 337 g/mol. The summed E-state index contributed by atoms with van der Waals surface area (Å²) >= 11 is 0. The number of benzene rings is 1. The highest BCUT2D eigenvalue weighted by Crippen LogP contribution is 2.27. The first-order valence-corrected chi connectivity index (χ1v) is 9.26. The third-order valence-corrected chi connectivity index (χ3v) is 4.97. The van der Waals surface area contributed by atoms with Crippen molar-refractivity contribution in [3.63, 3.8) is 0 Å². The zero-order valence-electron chi connectivity index (χ0n) is 12.9. The Hall–Kier alpha value is -1.77. The molecule has 3 rings (SSSR count). The van der Waals surface area contributed by atoms with Crippen molar-refractivity contribution >= 4 is 10.0 Å². The molecule has 2 heterocycles. The van der Waals surface area contributed by atoms with Gasteiger partial charge in [-0.1, -0.05) is 35.5 Å². The lowest BCUT2D eigenvalue weighted by atomic mass is 10.0. The molecule has 0 unspecified atom stereocenters. The molecule has 1 aromatic carbocycles. The van der Waals surface area contributed by atoms with Crippen LogP contribution in [0.4, 0.5) is 0 Å². The second-order valence-electron chi connectivity index (χ2n) is 5.61. The highest BCUT2D eigenvalue weighted by molar-refractivity contribution is 7.88. The van der Waals surface area contributed by atoms with Crippen molar-refractivity contribution in [3.8, 4) is 0 Å². The second-order valence-corrected chi connectivity index (χ2v) is 7.60. The van der Waals surface area contributed by atoms with Crippen LogP contribution in [0, 0.1) is 0 Å². The van der Waals surface area contributed by atoms with E-state index in [1.165, 1.54) is 10.6 Å². The molecule has 1 aliphatic rings. The molecule has 23 heavy (non-hydrogen) atoms. The smallest absolute Gasteiger partial charge is 0.232 e. The summed E-state index contributed by atoms with van der Waals surface area (Å²) in [5, 5.41) is 3.92. The van der Waals surface area contributed by atoms with Crippen molar-refractivity contribution in [2.24, 2.45) is 0 Å². The highest BCUT2D eigenvalue weighted by Gasteiger charge is 2.37. The molecule has 1 aliphatic heterocycles. The van der Waals surface area contributed by atoms with E-state index < -0.39 is 10.0 Å². The molecule has 0 radical (unpaired) electrons. The minimum atomic E-state index is -3.12. The molecule has 0 aliphatic carbocycles. The van der Waals surface area contributed by atoms with Gasteiger partial charge in [-0.05, 0) is 5.56 Å². The van der Waals surface area contributed by atoms with Gasteiger partial charge in [-0.3, -0.25) is 0 Å². The first-order chi connectivity index (χ1) is 11.0. The van der Waals surface area contributed by atoms with E-state index in [4.69, 9.17) is 9.26 Å². The molecule has 7 nitrogen and oxygen atoms in total. The molecule has 8 heteroatoms. The van der Waals surface area contributed by atoms with Crippen LogP contribution in [0.3, 0.4) is 0 Å². The molecule has 1 aromatic heterocycles. The Morgan fingerprint density at radius 3 is 2.74 bits per heavy atom. The Labute approximate surface area is 135 Å². The number of ether oxygens (including phenoxy) is 1. The van der Waals surface area contributed by atoms with Gasteiger partial charge in [0, 0.05) is 19.5 Å². The molecule has 1 saturated heterocycles. The van der Waals surface area contributed by atoms with Gasteiger partial charge in [0.15, 0.2) is 5.82 Å². The third kappa shape index (κ3) is 4.15. The summed E-state index contributed by atoms with van der Waals surface area (Å²) in [4.78, 5) is 4.31. The number of hydrogen-bond acceptors (Lipinski definition) is 6. The van der Waals surface area contributed by atoms with Gasteiger partial charge in [-0.15, -0.1) is 0 Å². The number of rotatable bonds is 7. The van der Waals surface area contributed by atoms with Gasteiger partial charge in [0.2, 0.25) is 15.9 Å². The van der Waals surface area contributed by atoms with Crippen LogP contribution in [-0.2, 0) is 27.8 Å². The molecule has 2 aromatic rings. The lowest BCUT2D eigenvalue weighted by Crippen LogP contribution is -2.47. The Morgan fingerprint density at radius 2 is 2.04 bits per heavy atom. The van der Waals surface area contributed by atoms with Crippen LogP contribution in [0.5, 0.6) is 0 Å². The Kier molecular flexibility index (Phi) is 4.74. The monoisotopic (exact) mass is 337 g/mol. The maximum absolute atomic E-state index is 11.3. The van der Waals surface area contributed by atoms with Gasteiger partial charge >= 0.3 is 0 Å². The lowest BCUT2D eigenvalue weighted by Gasteiger charge is -2.34. The summed E-state index contributed by atoms with van der Waals surface area (Å²) in [6.07, 6.45) is 1.77. The lowest BCUT2D eigenvalue weighted by molar-refractivity contribution is 0.122. The number of sulfonamides is 1. The van der Waals surface area contributed by atoms with Crippen LogP contribution in [0.25, 0.3) is 0 Å². The second kappa shape index (κ2) is 6.77. The largest absolute Gasteiger partial charge is 0.376 e. The summed E-state index contributed by atoms with van der Waals surface area (Å²) in [6.45, 7) is 1.88. The molecule has 0 spiro atoms. The molecule has 0 saturated carbocycles. The van der Waals surface area contributed by atoms with E-state index >= 15 is 0 Å². The molecule has 0 N–H and O–H groups in total. The van der Waals surface area contributed by atoms with Crippen molar-refractivity contribution in [2.45, 2.75) is 18.9 Å². The van der Waals surface area contributed by atoms with Gasteiger partial charge in [0.25, 0.3) is 0 Å². The normalized spacial score (nSPS) is 16.4. The van der Waals surface area contributed by atoms with Crippen LogP contribution in [0.1, 0.15) is 23.2 Å². The molecule has 124 valence electrons. The molecule has 0 amide bonds. The van der Waals surface area contributed by atoms with E-state index in [-0.39, 0.29) is 5.92 Å². The van der Waals surface area contributed by atoms with Crippen LogP contribution in [0.2, 0.25) is 0 Å². The van der Waals surface area contributed by atoms with E-state index in [1.54, 1.807) is 0 Å². The molecule has 0 atom stereocenters. The van der Waals surface area contributed by atoms with Crippen LogP contribution in [-0.4, -0.2) is 48.8 Å². The first kappa shape index (κ1) is 16.1. The summed E-state index contributed by atoms with van der Waals surface area (Å²) in [5.74, 6) is 1.09. The third-order valence-electron chi connectivity index (χ3n) is 3.73. The van der Waals surface area contributed by atoms with Gasteiger partial charge in [-0.2, -0.15) is 4.98 Å². The van der Waals surface area contributed by atoms with E-state index in [2.05, 4.69) is 10.1 Å². The fraction of sp³-hybridized carbons (Fsp3) is 0.467. The minimum Gasteiger partial charge on any atom is -0.376 e. The maximum Gasteiger partial charge on any atom is 0.232 e. The van der Waals surface area contributed by atoms with Crippen molar-refractivity contribution < 1.29 is 17.7 Å². The molecule has 1 fully saturated rings.